The van der Waals surface area contributed by atoms with Crippen molar-refractivity contribution in [1.29, 1.82) is 0 Å². The molecule has 0 unspecified atom stereocenters. The van der Waals surface area contributed by atoms with E-state index in [0.29, 0.717) is 19.5 Å². The van der Waals surface area contributed by atoms with Crippen LogP contribution in [0.4, 0.5) is 0 Å². The van der Waals surface area contributed by atoms with E-state index in [-0.39, 0.29) is 23.7 Å². The minimum Gasteiger partial charge on any atom is -0.496 e. The number of para-hydroxylation sites is 1. The van der Waals surface area contributed by atoms with Crippen molar-refractivity contribution in [3.63, 3.8) is 0 Å². The number of rotatable bonds is 7. The number of methoxy groups -OCH3 is 1. The fourth-order valence-corrected chi connectivity index (χ4v) is 3.27. The van der Waals surface area contributed by atoms with Gasteiger partial charge in [0, 0.05) is 30.5 Å². The van der Waals surface area contributed by atoms with Crippen molar-refractivity contribution in [1.82, 2.24) is 10.6 Å². The smallest absolute Gasteiger partial charge is 0.221 e. The maximum absolute atomic E-state index is 11.9. The molecule has 22 heavy (non-hydrogen) atoms. The first kappa shape index (κ1) is 18.8. The SMILES string of the molecule is CNCCC(=O)NCC1(c2ccccc2OC)CCCC1.Cl. The average molecular weight is 327 g/mol. The molecule has 0 atom stereocenters. The molecular weight excluding hydrogens is 300 g/mol. The summed E-state index contributed by atoms with van der Waals surface area (Å²) in [4.78, 5) is 11.9. The van der Waals surface area contributed by atoms with E-state index >= 15 is 0 Å². The van der Waals surface area contributed by atoms with Crippen molar-refractivity contribution in [3.05, 3.63) is 29.8 Å². The standard InChI is InChI=1S/C17H26N2O2.ClH/c1-18-12-9-16(20)19-13-17(10-5-6-11-17)14-7-3-4-8-15(14)21-2;/h3-4,7-8,18H,5-6,9-13H2,1-2H3,(H,19,20);1H. The Bertz CT molecular complexity index is 473. The molecule has 0 bridgehead atoms. The van der Waals surface area contributed by atoms with Crippen molar-refractivity contribution in [3.8, 4) is 5.75 Å². The highest BCUT2D eigenvalue weighted by molar-refractivity contribution is 5.85. The maximum atomic E-state index is 11.9. The summed E-state index contributed by atoms with van der Waals surface area (Å²) in [6.07, 6.45) is 5.17. The monoisotopic (exact) mass is 326 g/mol. The summed E-state index contributed by atoms with van der Waals surface area (Å²) in [6, 6.07) is 8.21. The summed E-state index contributed by atoms with van der Waals surface area (Å²) in [5, 5.41) is 6.12. The highest BCUT2D eigenvalue weighted by Crippen LogP contribution is 2.44. The van der Waals surface area contributed by atoms with Gasteiger partial charge in [-0.15, -0.1) is 12.4 Å². The zero-order chi connectivity index (χ0) is 15.1. The maximum Gasteiger partial charge on any atom is 0.221 e. The molecule has 1 amide bonds. The third-order valence-corrected chi connectivity index (χ3v) is 4.46. The van der Waals surface area contributed by atoms with Crippen LogP contribution in [-0.4, -0.2) is 33.2 Å². The van der Waals surface area contributed by atoms with Gasteiger partial charge in [-0.05, 0) is 26.0 Å². The first-order valence-corrected chi connectivity index (χ1v) is 7.77. The summed E-state index contributed by atoms with van der Waals surface area (Å²) >= 11 is 0. The van der Waals surface area contributed by atoms with Crippen molar-refractivity contribution in [2.75, 3.05) is 27.2 Å². The Labute approximate surface area is 139 Å². The van der Waals surface area contributed by atoms with E-state index in [2.05, 4.69) is 22.8 Å². The lowest BCUT2D eigenvalue weighted by Crippen LogP contribution is -2.39. The normalized spacial score (nSPS) is 15.9. The van der Waals surface area contributed by atoms with E-state index in [0.717, 1.165) is 18.6 Å². The van der Waals surface area contributed by atoms with Crippen LogP contribution in [0.3, 0.4) is 0 Å². The number of hydrogen-bond donors (Lipinski definition) is 2. The van der Waals surface area contributed by atoms with Crippen LogP contribution in [0.25, 0.3) is 0 Å². The largest absolute Gasteiger partial charge is 0.496 e. The highest BCUT2D eigenvalue weighted by Gasteiger charge is 2.37. The molecular formula is C17H27ClN2O2. The van der Waals surface area contributed by atoms with Gasteiger partial charge in [-0.2, -0.15) is 0 Å². The molecule has 1 aromatic carbocycles. The topological polar surface area (TPSA) is 50.4 Å². The highest BCUT2D eigenvalue weighted by atomic mass is 35.5. The quantitative estimate of drug-likeness (QED) is 0.810. The van der Waals surface area contributed by atoms with Gasteiger partial charge >= 0.3 is 0 Å². The van der Waals surface area contributed by atoms with Crippen molar-refractivity contribution >= 4 is 18.3 Å². The Morgan fingerprint density at radius 2 is 1.95 bits per heavy atom. The lowest BCUT2D eigenvalue weighted by atomic mass is 9.78. The minimum absolute atomic E-state index is 0. The van der Waals surface area contributed by atoms with Crippen LogP contribution >= 0.6 is 12.4 Å². The van der Waals surface area contributed by atoms with Crippen LogP contribution < -0.4 is 15.4 Å². The Balaban J connectivity index is 0.00000242. The number of benzene rings is 1. The van der Waals surface area contributed by atoms with E-state index in [1.54, 1.807) is 7.11 Å². The van der Waals surface area contributed by atoms with Crippen LogP contribution in [0.1, 0.15) is 37.7 Å². The van der Waals surface area contributed by atoms with Crippen LogP contribution in [0, 0.1) is 0 Å². The lowest BCUT2D eigenvalue weighted by molar-refractivity contribution is -0.121. The predicted molar refractivity (Wildman–Crippen MR) is 91.9 cm³/mol. The second-order valence-electron chi connectivity index (χ2n) is 5.82. The molecule has 0 heterocycles. The molecule has 1 saturated carbocycles. The average Bonchev–Trinajstić information content (AvgIpc) is 3.01. The summed E-state index contributed by atoms with van der Waals surface area (Å²) in [5.74, 6) is 1.05. The van der Waals surface area contributed by atoms with Gasteiger partial charge in [-0.1, -0.05) is 31.0 Å². The van der Waals surface area contributed by atoms with E-state index in [1.165, 1.54) is 18.4 Å². The number of carbonyl (C=O) groups is 1. The van der Waals surface area contributed by atoms with Crippen LogP contribution in [-0.2, 0) is 10.2 Å². The van der Waals surface area contributed by atoms with Crippen molar-refractivity contribution in [2.24, 2.45) is 0 Å². The number of amides is 1. The number of ether oxygens (including phenoxy) is 1. The first-order chi connectivity index (χ1) is 10.2. The van der Waals surface area contributed by atoms with Gasteiger partial charge in [-0.3, -0.25) is 4.79 Å². The Morgan fingerprint density at radius 1 is 1.27 bits per heavy atom. The third-order valence-electron chi connectivity index (χ3n) is 4.46. The summed E-state index contributed by atoms with van der Waals surface area (Å²) in [6.45, 7) is 1.42. The van der Waals surface area contributed by atoms with Gasteiger partial charge < -0.3 is 15.4 Å². The second-order valence-corrected chi connectivity index (χ2v) is 5.82. The summed E-state index contributed by atoms with van der Waals surface area (Å²) in [7, 11) is 3.58. The van der Waals surface area contributed by atoms with Crippen LogP contribution in [0.2, 0.25) is 0 Å². The number of hydrogen-bond acceptors (Lipinski definition) is 3. The van der Waals surface area contributed by atoms with Gasteiger partial charge in [0.2, 0.25) is 5.91 Å². The number of nitrogens with one attached hydrogen (secondary N) is 2. The fraction of sp³-hybridized carbons (Fsp3) is 0.588. The molecule has 1 aliphatic rings. The number of halogens is 1. The van der Waals surface area contributed by atoms with E-state index < -0.39 is 0 Å². The van der Waals surface area contributed by atoms with Crippen molar-refractivity contribution in [2.45, 2.75) is 37.5 Å². The fourth-order valence-electron chi connectivity index (χ4n) is 3.27. The molecule has 2 rings (SSSR count). The first-order valence-electron chi connectivity index (χ1n) is 7.77. The van der Waals surface area contributed by atoms with E-state index in [1.807, 2.05) is 19.2 Å². The molecule has 124 valence electrons. The van der Waals surface area contributed by atoms with Gasteiger partial charge in [0.1, 0.15) is 5.75 Å². The Hall–Kier alpha value is -1.26. The predicted octanol–water partition coefficient (Wildman–Crippen LogP) is 2.65. The van der Waals surface area contributed by atoms with Gasteiger partial charge in [0.05, 0.1) is 7.11 Å². The van der Waals surface area contributed by atoms with E-state index in [4.69, 9.17) is 4.74 Å². The molecule has 0 spiro atoms. The molecule has 0 saturated heterocycles. The minimum atomic E-state index is 0. The Morgan fingerprint density at radius 3 is 2.59 bits per heavy atom. The Kier molecular flexibility index (Phi) is 7.69. The molecule has 0 aromatic heterocycles. The molecule has 1 aliphatic carbocycles. The molecule has 2 N–H and O–H groups in total. The van der Waals surface area contributed by atoms with E-state index in [9.17, 15) is 4.79 Å². The molecule has 0 radical (unpaired) electrons. The molecule has 5 heteroatoms. The zero-order valence-electron chi connectivity index (χ0n) is 13.5. The number of carbonyl (C=O) groups excluding carboxylic acids is 1. The van der Waals surface area contributed by atoms with Crippen molar-refractivity contribution < 1.29 is 9.53 Å². The lowest BCUT2D eigenvalue weighted by Gasteiger charge is -2.31. The van der Waals surface area contributed by atoms with Crippen LogP contribution in [0.5, 0.6) is 5.75 Å². The molecule has 4 nitrogen and oxygen atoms in total. The van der Waals surface area contributed by atoms with Gasteiger partial charge in [-0.25, -0.2) is 0 Å². The second kappa shape index (κ2) is 9.01. The molecule has 1 aromatic rings. The van der Waals surface area contributed by atoms with Gasteiger partial charge in [0.25, 0.3) is 0 Å². The molecule has 0 aliphatic heterocycles. The molecule has 1 fully saturated rings. The van der Waals surface area contributed by atoms with Crippen LogP contribution in [0.15, 0.2) is 24.3 Å². The van der Waals surface area contributed by atoms with Gasteiger partial charge in [0.15, 0.2) is 0 Å². The third kappa shape index (κ3) is 4.37. The summed E-state index contributed by atoms with van der Waals surface area (Å²) < 4.78 is 5.53. The zero-order valence-corrected chi connectivity index (χ0v) is 14.3. The summed E-state index contributed by atoms with van der Waals surface area (Å²) in [5.41, 5.74) is 1.26.